The van der Waals surface area contributed by atoms with Crippen LogP contribution in [-0.2, 0) is 17.3 Å². The van der Waals surface area contributed by atoms with Gasteiger partial charge in [0.1, 0.15) is 11.9 Å². The summed E-state index contributed by atoms with van der Waals surface area (Å²) in [5.41, 5.74) is 0.511. The second-order valence-electron chi connectivity index (χ2n) is 7.94. The topological polar surface area (TPSA) is 93.2 Å². The molecule has 0 bridgehead atoms. The molecular formula is C18H24N8O. The molecule has 27 heavy (non-hydrogen) atoms. The third-order valence-corrected chi connectivity index (χ3v) is 4.67. The van der Waals surface area contributed by atoms with E-state index in [1.165, 1.54) is 0 Å². The molecule has 0 radical (unpaired) electrons. The van der Waals surface area contributed by atoms with E-state index >= 15 is 0 Å². The van der Waals surface area contributed by atoms with E-state index in [1.807, 2.05) is 31.4 Å². The predicted octanol–water partition coefficient (Wildman–Crippen LogP) is 1.76. The standard InChI is InChI=1S/C18H24N8O/c1-18(2,3)17-21-20-14-8-7-13(22-26(14)17)19-12-6-5-10-25(16(12)27)15-9-11-24(4)23-15/h7-9,11-12H,5-6,10H2,1-4H3,(H,19,22). The molecule has 142 valence electrons. The molecule has 0 aromatic carbocycles. The number of carbonyl (C=O) groups is 1. The number of piperidine rings is 1. The minimum Gasteiger partial charge on any atom is -0.357 e. The van der Waals surface area contributed by atoms with E-state index in [4.69, 9.17) is 0 Å². The van der Waals surface area contributed by atoms with Crippen LogP contribution in [0.5, 0.6) is 0 Å². The molecule has 1 saturated heterocycles. The van der Waals surface area contributed by atoms with Crippen LogP contribution < -0.4 is 10.2 Å². The Kier molecular flexibility index (Phi) is 4.09. The van der Waals surface area contributed by atoms with E-state index in [0.717, 1.165) is 18.7 Å². The molecule has 9 nitrogen and oxygen atoms in total. The largest absolute Gasteiger partial charge is 0.357 e. The molecule has 4 heterocycles. The van der Waals surface area contributed by atoms with E-state index < -0.39 is 0 Å². The molecule has 4 rings (SSSR count). The van der Waals surface area contributed by atoms with Crippen LogP contribution in [0.4, 0.5) is 11.6 Å². The summed E-state index contributed by atoms with van der Waals surface area (Å²) in [4.78, 5) is 14.7. The summed E-state index contributed by atoms with van der Waals surface area (Å²) in [7, 11) is 1.85. The van der Waals surface area contributed by atoms with Gasteiger partial charge in [-0.2, -0.15) is 9.61 Å². The number of nitrogens with one attached hydrogen (secondary N) is 1. The number of anilines is 2. The van der Waals surface area contributed by atoms with E-state index in [2.05, 4.69) is 46.5 Å². The second-order valence-corrected chi connectivity index (χ2v) is 7.94. The lowest BCUT2D eigenvalue weighted by Gasteiger charge is -2.31. The SMILES string of the molecule is Cn1ccc(N2CCCC(Nc3ccc4nnc(C(C)(C)C)n4n3)C2=O)n1. The Balaban J connectivity index is 1.58. The molecule has 3 aromatic rings. The van der Waals surface area contributed by atoms with Crippen LogP contribution >= 0.6 is 0 Å². The highest BCUT2D eigenvalue weighted by Gasteiger charge is 2.31. The van der Waals surface area contributed by atoms with E-state index in [-0.39, 0.29) is 17.4 Å². The quantitative estimate of drug-likeness (QED) is 0.757. The maximum Gasteiger partial charge on any atom is 0.250 e. The molecule has 1 aliphatic rings. The number of aromatic nitrogens is 6. The van der Waals surface area contributed by atoms with E-state index in [0.29, 0.717) is 23.8 Å². The number of nitrogens with zero attached hydrogens (tertiary/aromatic N) is 7. The number of rotatable bonds is 3. The lowest BCUT2D eigenvalue weighted by atomic mass is 9.96. The summed E-state index contributed by atoms with van der Waals surface area (Å²) >= 11 is 0. The van der Waals surface area contributed by atoms with Gasteiger partial charge in [-0.15, -0.1) is 15.3 Å². The molecule has 1 unspecified atom stereocenters. The molecule has 1 aliphatic heterocycles. The van der Waals surface area contributed by atoms with Crippen molar-refractivity contribution in [3.63, 3.8) is 0 Å². The monoisotopic (exact) mass is 368 g/mol. The fourth-order valence-electron chi connectivity index (χ4n) is 3.30. The van der Waals surface area contributed by atoms with Gasteiger partial charge in [-0.25, -0.2) is 0 Å². The van der Waals surface area contributed by atoms with Gasteiger partial charge in [0.05, 0.1) is 0 Å². The van der Waals surface area contributed by atoms with Gasteiger partial charge < -0.3 is 5.32 Å². The number of aryl methyl sites for hydroxylation is 1. The lowest BCUT2D eigenvalue weighted by molar-refractivity contribution is -0.120. The number of amides is 1. The number of fused-ring (bicyclic) bond motifs is 1. The van der Waals surface area contributed by atoms with Crippen LogP contribution in [0, 0.1) is 0 Å². The van der Waals surface area contributed by atoms with Crippen molar-refractivity contribution >= 4 is 23.2 Å². The van der Waals surface area contributed by atoms with Gasteiger partial charge in [-0.3, -0.25) is 14.4 Å². The first kappa shape index (κ1) is 17.4. The zero-order chi connectivity index (χ0) is 19.2. The van der Waals surface area contributed by atoms with Crippen molar-refractivity contribution in [3.05, 3.63) is 30.2 Å². The Morgan fingerprint density at radius 2 is 1.96 bits per heavy atom. The Hall–Kier alpha value is -2.97. The van der Waals surface area contributed by atoms with Crippen molar-refractivity contribution in [2.45, 2.75) is 45.1 Å². The highest BCUT2D eigenvalue weighted by Crippen LogP contribution is 2.23. The fraction of sp³-hybridized carbons (Fsp3) is 0.500. The van der Waals surface area contributed by atoms with E-state index in [1.54, 1.807) is 14.1 Å². The third-order valence-electron chi connectivity index (χ3n) is 4.67. The summed E-state index contributed by atoms with van der Waals surface area (Å²) in [6.45, 7) is 6.89. The van der Waals surface area contributed by atoms with Crippen LogP contribution in [0.2, 0.25) is 0 Å². The summed E-state index contributed by atoms with van der Waals surface area (Å²) < 4.78 is 3.45. The highest BCUT2D eigenvalue weighted by molar-refractivity contribution is 5.98. The first-order valence-electron chi connectivity index (χ1n) is 9.13. The summed E-state index contributed by atoms with van der Waals surface area (Å²) in [6.07, 6.45) is 3.51. The lowest BCUT2D eigenvalue weighted by Crippen LogP contribution is -2.48. The maximum absolute atomic E-state index is 12.9. The Labute approximate surface area is 157 Å². The molecule has 0 spiro atoms. The van der Waals surface area contributed by atoms with Gasteiger partial charge in [0.25, 0.3) is 5.91 Å². The predicted molar refractivity (Wildman–Crippen MR) is 102 cm³/mol. The summed E-state index contributed by atoms with van der Waals surface area (Å²) in [5, 5.41) is 20.7. The van der Waals surface area contributed by atoms with Crippen LogP contribution in [-0.4, -0.2) is 48.1 Å². The Bertz CT molecular complexity index is 983. The van der Waals surface area contributed by atoms with Gasteiger partial charge in [-0.05, 0) is 25.0 Å². The molecular weight excluding hydrogens is 344 g/mol. The molecule has 0 aliphatic carbocycles. The zero-order valence-electron chi connectivity index (χ0n) is 16.0. The minimum absolute atomic E-state index is 0.0154. The average Bonchev–Trinajstić information content (AvgIpc) is 3.22. The van der Waals surface area contributed by atoms with E-state index in [9.17, 15) is 4.79 Å². The highest BCUT2D eigenvalue weighted by atomic mass is 16.2. The molecule has 3 aromatic heterocycles. The summed E-state index contributed by atoms with van der Waals surface area (Å²) in [6, 6.07) is 5.22. The van der Waals surface area contributed by atoms with Crippen LogP contribution in [0.1, 0.15) is 39.4 Å². The van der Waals surface area contributed by atoms with Gasteiger partial charge >= 0.3 is 0 Å². The summed E-state index contributed by atoms with van der Waals surface area (Å²) in [5.74, 6) is 2.12. The number of hydrogen-bond donors (Lipinski definition) is 1. The van der Waals surface area contributed by atoms with Crippen LogP contribution in [0.25, 0.3) is 5.65 Å². The second kappa shape index (κ2) is 6.33. The number of hydrogen-bond acceptors (Lipinski definition) is 6. The van der Waals surface area contributed by atoms with Gasteiger partial charge in [-0.1, -0.05) is 20.8 Å². The van der Waals surface area contributed by atoms with Gasteiger partial charge in [0.15, 0.2) is 17.3 Å². The Morgan fingerprint density at radius 3 is 2.67 bits per heavy atom. The smallest absolute Gasteiger partial charge is 0.250 e. The van der Waals surface area contributed by atoms with Gasteiger partial charge in [0.2, 0.25) is 0 Å². The van der Waals surface area contributed by atoms with Crippen molar-refractivity contribution in [3.8, 4) is 0 Å². The van der Waals surface area contributed by atoms with Crippen molar-refractivity contribution in [1.82, 2.24) is 29.6 Å². The molecule has 1 fully saturated rings. The molecule has 1 atom stereocenters. The van der Waals surface area contributed by atoms with Gasteiger partial charge in [0, 0.05) is 31.3 Å². The first-order valence-corrected chi connectivity index (χ1v) is 9.13. The maximum atomic E-state index is 12.9. The van der Waals surface area contributed by atoms with Crippen molar-refractivity contribution in [2.75, 3.05) is 16.8 Å². The van der Waals surface area contributed by atoms with Crippen molar-refractivity contribution < 1.29 is 4.79 Å². The Morgan fingerprint density at radius 1 is 1.15 bits per heavy atom. The average molecular weight is 368 g/mol. The molecule has 1 amide bonds. The third kappa shape index (κ3) is 3.24. The van der Waals surface area contributed by atoms with Crippen molar-refractivity contribution in [1.29, 1.82) is 0 Å². The molecule has 1 N–H and O–H groups in total. The van der Waals surface area contributed by atoms with Crippen LogP contribution in [0.3, 0.4) is 0 Å². The molecule has 0 saturated carbocycles. The number of carbonyl (C=O) groups excluding carboxylic acids is 1. The fourth-order valence-corrected chi connectivity index (χ4v) is 3.30. The zero-order valence-corrected chi connectivity index (χ0v) is 16.0. The van der Waals surface area contributed by atoms with Crippen LogP contribution in [0.15, 0.2) is 24.4 Å². The normalized spacial score (nSPS) is 18.3. The van der Waals surface area contributed by atoms with Crippen molar-refractivity contribution in [2.24, 2.45) is 7.05 Å². The molecule has 9 heteroatoms. The minimum atomic E-state index is -0.333. The first-order chi connectivity index (χ1) is 12.8.